The van der Waals surface area contributed by atoms with E-state index >= 15 is 0 Å². The van der Waals surface area contributed by atoms with Crippen molar-refractivity contribution in [3.8, 4) is 22.8 Å². The Hall–Kier alpha value is -4.00. The third-order valence-corrected chi connectivity index (χ3v) is 6.09. The molecule has 0 spiro atoms. The lowest BCUT2D eigenvalue weighted by molar-refractivity contribution is -0.117. The Morgan fingerprint density at radius 2 is 1.88 bits per heavy atom. The Labute approximate surface area is 191 Å². The average molecular weight is 438 g/mol. The summed E-state index contributed by atoms with van der Waals surface area (Å²) in [6.07, 6.45) is 8.21. The average Bonchev–Trinajstić information content (AvgIpc) is 3.41. The van der Waals surface area contributed by atoms with E-state index in [1.54, 1.807) is 17.3 Å². The maximum atomic E-state index is 12.8. The Morgan fingerprint density at radius 1 is 1.03 bits per heavy atom. The van der Waals surface area contributed by atoms with Gasteiger partial charge < -0.3 is 4.74 Å². The molecule has 4 aromatic rings. The van der Waals surface area contributed by atoms with Crippen molar-refractivity contribution in [3.05, 3.63) is 84.3 Å². The summed E-state index contributed by atoms with van der Waals surface area (Å²) in [6, 6.07) is 17.8. The molecule has 0 atom stereocenters. The Kier molecular flexibility index (Phi) is 4.87. The van der Waals surface area contributed by atoms with E-state index in [1.807, 2.05) is 65.5 Å². The van der Waals surface area contributed by atoms with Gasteiger partial charge in [0.1, 0.15) is 11.6 Å². The van der Waals surface area contributed by atoms with Crippen molar-refractivity contribution in [1.29, 1.82) is 0 Å². The van der Waals surface area contributed by atoms with Gasteiger partial charge in [0.2, 0.25) is 5.91 Å². The van der Waals surface area contributed by atoms with E-state index in [2.05, 4.69) is 10.1 Å². The van der Waals surface area contributed by atoms with E-state index in [4.69, 9.17) is 9.72 Å². The number of anilines is 1. The van der Waals surface area contributed by atoms with Crippen molar-refractivity contribution in [2.45, 2.75) is 25.8 Å². The molecule has 0 unspecified atom stereocenters. The van der Waals surface area contributed by atoms with Gasteiger partial charge in [0.15, 0.2) is 5.82 Å². The first kappa shape index (κ1) is 19.7. The monoisotopic (exact) mass is 437 g/mol. The van der Waals surface area contributed by atoms with Crippen LogP contribution in [0.4, 0.5) is 5.82 Å². The lowest BCUT2D eigenvalue weighted by Crippen LogP contribution is -2.26. The highest BCUT2D eigenvalue weighted by Crippen LogP contribution is 2.35. The summed E-state index contributed by atoms with van der Waals surface area (Å²) < 4.78 is 7.86. The van der Waals surface area contributed by atoms with Gasteiger partial charge in [-0.1, -0.05) is 24.3 Å². The predicted molar refractivity (Wildman–Crippen MR) is 124 cm³/mol. The summed E-state index contributed by atoms with van der Waals surface area (Å²) in [5.41, 5.74) is 3.71. The molecule has 3 heterocycles. The Morgan fingerprint density at radius 3 is 2.67 bits per heavy atom. The van der Waals surface area contributed by atoms with Crippen LogP contribution in [0.25, 0.3) is 17.1 Å². The molecule has 33 heavy (non-hydrogen) atoms. The number of carbonyl (C=O) groups excluding carboxylic acids is 1. The molecule has 1 saturated carbocycles. The van der Waals surface area contributed by atoms with Gasteiger partial charge in [-0.2, -0.15) is 5.10 Å². The lowest BCUT2D eigenvalue weighted by Gasteiger charge is -2.18. The molecule has 1 amide bonds. The van der Waals surface area contributed by atoms with Crippen molar-refractivity contribution in [2.75, 3.05) is 11.5 Å². The molecular formula is C26H23N5O2. The lowest BCUT2D eigenvalue weighted by atomic mass is 10.1. The standard InChI is InChI=1S/C26H23N5O2/c32-24-14-20-15-27-25(22-4-1-2-5-23(22)33-17-19-6-7-19)29-26(20)30(24)16-18-8-10-21(11-9-18)31-13-3-12-28-31/h1-5,8-13,15,19H,6-7,14,16-17H2. The van der Waals surface area contributed by atoms with Crippen LogP contribution >= 0.6 is 0 Å². The van der Waals surface area contributed by atoms with Crippen molar-refractivity contribution in [1.82, 2.24) is 19.7 Å². The molecule has 0 N–H and O–H groups in total. The van der Waals surface area contributed by atoms with E-state index in [-0.39, 0.29) is 5.91 Å². The summed E-state index contributed by atoms with van der Waals surface area (Å²) in [4.78, 5) is 23.9. The molecule has 164 valence electrons. The van der Waals surface area contributed by atoms with Crippen molar-refractivity contribution >= 4 is 11.7 Å². The van der Waals surface area contributed by atoms with Gasteiger partial charge in [-0.25, -0.2) is 14.6 Å². The molecule has 2 aromatic heterocycles. The molecule has 2 aromatic carbocycles. The first-order valence-electron chi connectivity index (χ1n) is 11.2. The second-order valence-electron chi connectivity index (χ2n) is 8.57. The van der Waals surface area contributed by atoms with Crippen molar-refractivity contribution in [2.24, 2.45) is 5.92 Å². The summed E-state index contributed by atoms with van der Waals surface area (Å²) in [5, 5.41) is 4.26. The van der Waals surface area contributed by atoms with Gasteiger partial charge in [0.05, 0.1) is 30.8 Å². The van der Waals surface area contributed by atoms with Gasteiger partial charge in [0.25, 0.3) is 0 Å². The molecule has 6 rings (SSSR count). The Balaban J connectivity index is 1.27. The third kappa shape index (κ3) is 3.98. The normalized spacial score (nSPS) is 15.0. The maximum absolute atomic E-state index is 12.8. The molecule has 1 aliphatic heterocycles. The fourth-order valence-corrected chi connectivity index (χ4v) is 4.05. The molecular weight excluding hydrogens is 414 g/mol. The minimum Gasteiger partial charge on any atom is -0.493 e. The number of amides is 1. The van der Waals surface area contributed by atoms with Gasteiger partial charge in [-0.05, 0) is 54.7 Å². The number of rotatable bonds is 7. The van der Waals surface area contributed by atoms with E-state index < -0.39 is 0 Å². The molecule has 2 aliphatic rings. The summed E-state index contributed by atoms with van der Waals surface area (Å²) in [6.45, 7) is 1.18. The van der Waals surface area contributed by atoms with Crippen molar-refractivity contribution < 1.29 is 9.53 Å². The first-order valence-corrected chi connectivity index (χ1v) is 11.2. The summed E-state index contributed by atoms with van der Waals surface area (Å²) >= 11 is 0. The van der Waals surface area contributed by atoms with Gasteiger partial charge >= 0.3 is 0 Å². The second kappa shape index (κ2) is 8.16. The second-order valence-corrected chi connectivity index (χ2v) is 8.57. The molecule has 1 aliphatic carbocycles. The highest BCUT2D eigenvalue weighted by atomic mass is 16.5. The summed E-state index contributed by atoms with van der Waals surface area (Å²) in [5.74, 6) is 2.74. The smallest absolute Gasteiger partial charge is 0.233 e. The number of aromatic nitrogens is 4. The molecule has 0 saturated heterocycles. The number of benzene rings is 2. The van der Waals surface area contributed by atoms with E-state index in [9.17, 15) is 4.79 Å². The van der Waals surface area contributed by atoms with Gasteiger partial charge in [-0.15, -0.1) is 0 Å². The largest absolute Gasteiger partial charge is 0.493 e. The van der Waals surface area contributed by atoms with Crippen LogP contribution in [-0.2, 0) is 17.8 Å². The van der Waals surface area contributed by atoms with Crippen LogP contribution in [0.5, 0.6) is 5.75 Å². The highest BCUT2D eigenvalue weighted by Gasteiger charge is 2.30. The molecule has 0 bridgehead atoms. The minimum absolute atomic E-state index is 0.0332. The number of hydrogen-bond acceptors (Lipinski definition) is 5. The Bertz CT molecular complexity index is 1300. The van der Waals surface area contributed by atoms with Crippen LogP contribution in [0.1, 0.15) is 24.0 Å². The predicted octanol–water partition coefficient (Wildman–Crippen LogP) is 4.21. The molecule has 1 fully saturated rings. The first-order chi connectivity index (χ1) is 16.2. The maximum Gasteiger partial charge on any atom is 0.233 e. The number of carbonyl (C=O) groups is 1. The van der Waals surface area contributed by atoms with E-state index in [1.165, 1.54) is 12.8 Å². The number of ether oxygens (including phenoxy) is 1. The number of nitrogens with zero attached hydrogens (tertiary/aromatic N) is 5. The van der Waals surface area contributed by atoms with E-state index in [0.29, 0.717) is 30.5 Å². The van der Waals surface area contributed by atoms with Crippen LogP contribution in [0.2, 0.25) is 0 Å². The van der Waals surface area contributed by atoms with Crippen LogP contribution in [-0.4, -0.2) is 32.3 Å². The highest BCUT2D eigenvalue weighted by molar-refractivity contribution is 6.00. The molecule has 7 heteroatoms. The van der Waals surface area contributed by atoms with Crippen LogP contribution in [0.3, 0.4) is 0 Å². The quantitative estimate of drug-likeness (QED) is 0.433. The molecule has 7 nitrogen and oxygen atoms in total. The fraction of sp³-hybridized carbons (Fsp3) is 0.231. The minimum atomic E-state index is 0.0332. The zero-order chi connectivity index (χ0) is 22.2. The van der Waals surface area contributed by atoms with E-state index in [0.717, 1.165) is 34.7 Å². The van der Waals surface area contributed by atoms with Crippen LogP contribution in [0.15, 0.2) is 73.2 Å². The van der Waals surface area contributed by atoms with Crippen LogP contribution in [0, 0.1) is 5.92 Å². The van der Waals surface area contributed by atoms with Crippen LogP contribution < -0.4 is 9.64 Å². The van der Waals surface area contributed by atoms with Gasteiger partial charge in [0, 0.05) is 24.2 Å². The number of para-hydroxylation sites is 1. The number of fused-ring (bicyclic) bond motifs is 1. The third-order valence-electron chi connectivity index (χ3n) is 6.09. The van der Waals surface area contributed by atoms with Crippen molar-refractivity contribution in [3.63, 3.8) is 0 Å². The molecule has 0 radical (unpaired) electrons. The SMILES string of the molecule is O=C1Cc2cnc(-c3ccccc3OCC3CC3)nc2N1Cc1ccc(-n2cccn2)cc1. The zero-order valence-corrected chi connectivity index (χ0v) is 18.1. The fourth-order valence-electron chi connectivity index (χ4n) is 4.05. The summed E-state index contributed by atoms with van der Waals surface area (Å²) in [7, 11) is 0. The zero-order valence-electron chi connectivity index (χ0n) is 18.1. The number of hydrogen-bond donors (Lipinski definition) is 0. The van der Waals surface area contributed by atoms with Gasteiger partial charge in [-0.3, -0.25) is 9.69 Å². The topological polar surface area (TPSA) is 73.1 Å².